The van der Waals surface area contributed by atoms with Gasteiger partial charge in [0.15, 0.2) is 0 Å². The van der Waals surface area contributed by atoms with Crippen LogP contribution in [0.1, 0.15) is 11.7 Å². The average Bonchev–Trinajstić information content (AvgIpc) is 2.30. The van der Waals surface area contributed by atoms with Gasteiger partial charge in [0, 0.05) is 0 Å². The Morgan fingerprint density at radius 1 is 1.14 bits per heavy atom. The molecule has 1 aromatic rings. The van der Waals surface area contributed by atoms with Crippen LogP contribution < -0.4 is 3.69 Å². The maximum absolute atomic E-state index is 5.47. The first-order valence-electron chi connectivity index (χ1n) is 4.54. The van der Waals surface area contributed by atoms with Crippen LogP contribution in [0.3, 0.4) is 0 Å². The van der Waals surface area contributed by atoms with Crippen molar-refractivity contribution in [3.05, 3.63) is 54.3 Å². The van der Waals surface area contributed by atoms with Crippen LogP contribution in [0.4, 0.5) is 0 Å². The van der Waals surface area contributed by atoms with E-state index in [-0.39, 0.29) is 24.3 Å². The summed E-state index contributed by atoms with van der Waals surface area (Å²) < 4.78 is 6.89. The molecule has 1 aromatic carbocycles. The maximum Gasteiger partial charge on any atom is 0.506 e. The molecule has 1 atom stereocenters. The molecule has 1 aliphatic heterocycles. The first kappa shape index (κ1) is 10.3. The van der Waals surface area contributed by atoms with Crippen molar-refractivity contribution in [3.63, 3.8) is 0 Å². The Balaban J connectivity index is 2.16. The van der Waals surface area contributed by atoms with Crippen LogP contribution in [-0.2, 0) is 4.74 Å². The maximum atomic E-state index is 5.47. The van der Waals surface area contributed by atoms with Crippen LogP contribution in [-0.4, -0.2) is 18.2 Å². The lowest BCUT2D eigenvalue weighted by molar-refractivity contribution is 0.186. The molecule has 0 saturated carbocycles. The van der Waals surface area contributed by atoms with E-state index in [0.717, 1.165) is 0 Å². The average molecular weight is 261 g/mol. The lowest BCUT2D eigenvalue weighted by Crippen LogP contribution is -2.08. The summed E-state index contributed by atoms with van der Waals surface area (Å²) in [5, 5.41) is 0. The summed E-state index contributed by atoms with van der Waals surface area (Å²) in [7, 11) is 0. The van der Waals surface area contributed by atoms with E-state index < -0.39 is 0 Å². The molecule has 1 unspecified atom stereocenters. The fraction of sp³-hybridized carbons (Fsp3) is 0.0909. The molecule has 0 aliphatic carbocycles. The van der Waals surface area contributed by atoms with E-state index >= 15 is 0 Å². The molecule has 2 rings (SSSR count). The van der Waals surface area contributed by atoms with Gasteiger partial charge in [-0.2, -0.15) is 3.69 Å². The molecule has 1 heterocycles. The number of ether oxygens (including phenoxy) is 1. The van der Waals surface area contributed by atoms with E-state index in [1.165, 1.54) is 9.26 Å². The van der Waals surface area contributed by atoms with Gasteiger partial charge in [0.2, 0.25) is 0 Å². The Morgan fingerprint density at radius 2 is 1.93 bits per heavy atom. The molecule has 0 N–H and O–H groups in total. The molecular formula is C11H9BrMgO. The molecule has 0 aromatic heterocycles. The van der Waals surface area contributed by atoms with Crippen molar-refractivity contribution in [1.29, 1.82) is 0 Å². The zero-order valence-electron chi connectivity index (χ0n) is 7.69. The lowest BCUT2D eigenvalue weighted by atomic mass is 10.1. The summed E-state index contributed by atoms with van der Waals surface area (Å²) in [6.45, 7) is 0. The zero-order valence-corrected chi connectivity index (χ0v) is 10.7. The predicted octanol–water partition coefficient (Wildman–Crippen LogP) is 2.47. The van der Waals surface area contributed by atoms with Gasteiger partial charge in [0.1, 0.15) is 6.10 Å². The van der Waals surface area contributed by atoms with Crippen LogP contribution in [0.2, 0.25) is 0 Å². The van der Waals surface area contributed by atoms with Crippen LogP contribution in [0.5, 0.6) is 0 Å². The van der Waals surface area contributed by atoms with Crippen molar-refractivity contribution in [2.45, 2.75) is 6.10 Å². The number of hydrogen-bond donors (Lipinski definition) is 0. The number of hydrogen-bond acceptors (Lipinski definition) is 1. The molecule has 0 fully saturated rings. The molecule has 68 valence electrons. The second kappa shape index (κ2) is 5.00. The molecule has 0 amide bonds. The highest BCUT2D eigenvalue weighted by molar-refractivity contribution is 9.23. The van der Waals surface area contributed by atoms with Crippen molar-refractivity contribution < 1.29 is 4.74 Å². The largest absolute Gasteiger partial charge is 0.506 e. The number of rotatable bonds is 2. The number of benzene rings is 1. The molecule has 1 nitrogen and oxygen atoms in total. The fourth-order valence-corrected chi connectivity index (χ4v) is 2.91. The van der Waals surface area contributed by atoms with Crippen molar-refractivity contribution in [1.82, 2.24) is 0 Å². The van der Waals surface area contributed by atoms with Crippen molar-refractivity contribution in [3.8, 4) is 0 Å². The minimum Gasteiger partial charge on any atom is -0.489 e. The normalized spacial score (nSPS) is 18.8. The van der Waals surface area contributed by atoms with Gasteiger partial charge in [-0.1, -0.05) is 30.3 Å². The summed E-state index contributed by atoms with van der Waals surface area (Å²) in [4.78, 5) is 0. The van der Waals surface area contributed by atoms with Gasteiger partial charge in [-0.25, -0.2) is 0 Å². The van der Waals surface area contributed by atoms with Crippen LogP contribution in [0, 0.1) is 0 Å². The standard InChI is InChI=1S/C11H9O.BrH.Mg/c1-2-6-10(7-3-1)11-8-4-5-9-12-11;;/h2-9,11H;1H;/q;;+1/p-1. The summed E-state index contributed by atoms with van der Waals surface area (Å²) >= 11 is 3.35. The van der Waals surface area contributed by atoms with E-state index in [4.69, 9.17) is 4.74 Å². The van der Waals surface area contributed by atoms with E-state index in [1.807, 2.05) is 12.2 Å². The van der Waals surface area contributed by atoms with Gasteiger partial charge in [0.05, 0.1) is 6.26 Å². The third-order valence-corrected chi connectivity index (χ3v) is 4.89. The molecule has 3 heteroatoms. The minimum absolute atomic E-state index is 0.0889. The Labute approximate surface area is 99.4 Å². The third kappa shape index (κ3) is 2.41. The Hall–Kier alpha value is -0.254. The lowest BCUT2D eigenvalue weighted by Gasteiger charge is -2.15. The first-order valence-corrected chi connectivity index (χ1v) is 9.14. The monoisotopic (exact) mass is 260 g/mol. The Morgan fingerprint density at radius 3 is 2.50 bits per heavy atom. The SMILES string of the molecule is [Br][Mg][c]1ccc(C2C=CC=CO2)cc1. The van der Waals surface area contributed by atoms with E-state index in [9.17, 15) is 0 Å². The van der Waals surface area contributed by atoms with Crippen LogP contribution >= 0.6 is 12.9 Å². The van der Waals surface area contributed by atoms with Gasteiger partial charge in [0.25, 0.3) is 0 Å². The van der Waals surface area contributed by atoms with Crippen molar-refractivity contribution in [2.75, 3.05) is 0 Å². The number of halogens is 1. The smallest absolute Gasteiger partial charge is 0.489 e. The highest BCUT2D eigenvalue weighted by atomic mass is 79.9. The predicted molar refractivity (Wildman–Crippen MR) is 62.9 cm³/mol. The summed E-state index contributed by atoms with van der Waals surface area (Å²) in [5.74, 6) is 0. The zero-order chi connectivity index (χ0) is 9.80. The highest BCUT2D eigenvalue weighted by Gasteiger charge is 2.08. The third-order valence-electron chi connectivity index (χ3n) is 2.16. The quantitative estimate of drug-likeness (QED) is 0.743. The molecule has 0 radical (unpaired) electrons. The van der Waals surface area contributed by atoms with Crippen LogP contribution in [0.15, 0.2) is 48.8 Å². The Bertz CT molecular complexity index is 356. The van der Waals surface area contributed by atoms with Gasteiger partial charge < -0.3 is 4.74 Å². The molecule has 14 heavy (non-hydrogen) atoms. The fourth-order valence-electron chi connectivity index (χ4n) is 1.37. The second-order valence-corrected chi connectivity index (χ2v) is 5.91. The first-order chi connectivity index (χ1) is 6.90. The molecular weight excluding hydrogens is 252 g/mol. The number of allylic oxidation sites excluding steroid dienone is 2. The van der Waals surface area contributed by atoms with Crippen molar-refractivity contribution in [2.24, 2.45) is 0 Å². The molecule has 1 aliphatic rings. The minimum atomic E-state index is -0.213. The molecule has 0 bridgehead atoms. The van der Waals surface area contributed by atoms with Crippen molar-refractivity contribution >= 4 is 34.8 Å². The Kier molecular flexibility index (Phi) is 3.67. The second-order valence-electron chi connectivity index (χ2n) is 3.15. The topological polar surface area (TPSA) is 9.23 Å². The van der Waals surface area contributed by atoms with E-state index in [1.54, 1.807) is 6.26 Å². The molecule has 0 saturated heterocycles. The summed E-state index contributed by atoms with van der Waals surface area (Å²) in [6, 6.07) is 8.62. The van der Waals surface area contributed by atoms with Gasteiger partial charge in [-0.3, -0.25) is 12.9 Å². The summed E-state index contributed by atoms with van der Waals surface area (Å²) in [5.41, 5.74) is 1.21. The van der Waals surface area contributed by atoms with E-state index in [2.05, 4.69) is 43.2 Å². The van der Waals surface area contributed by atoms with Gasteiger partial charge in [-0.15, -0.1) is 0 Å². The summed E-state index contributed by atoms with van der Waals surface area (Å²) in [6.07, 6.45) is 7.79. The van der Waals surface area contributed by atoms with Gasteiger partial charge in [-0.05, 0) is 17.7 Å². The van der Waals surface area contributed by atoms with Gasteiger partial charge >= 0.3 is 18.2 Å². The highest BCUT2D eigenvalue weighted by Crippen LogP contribution is 2.20. The van der Waals surface area contributed by atoms with Crippen LogP contribution in [0.25, 0.3) is 0 Å². The molecule has 0 spiro atoms. The van der Waals surface area contributed by atoms with E-state index in [0.29, 0.717) is 0 Å².